The van der Waals surface area contributed by atoms with Gasteiger partial charge in [-0.25, -0.2) is 0 Å². The summed E-state index contributed by atoms with van der Waals surface area (Å²) in [7, 11) is 0. The second-order valence-corrected chi connectivity index (χ2v) is 4.39. The van der Waals surface area contributed by atoms with Crippen LogP contribution in [0.3, 0.4) is 0 Å². The number of aliphatic hydroxyl groups is 1. The van der Waals surface area contributed by atoms with Gasteiger partial charge in [0.25, 0.3) is 0 Å². The van der Waals surface area contributed by atoms with Crippen molar-refractivity contribution in [1.29, 1.82) is 0 Å². The molecule has 102 valence electrons. The lowest BCUT2D eigenvalue weighted by Crippen LogP contribution is -2.36. The summed E-state index contributed by atoms with van der Waals surface area (Å²) < 4.78 is 1.66. The molecule has 6 nitrogen and oxygen atoms in total. The molecule has 0 radical (unpaired) electrons. The highest BCUT2D eigenvalue weighted by molar-refractivity contribution is 5.69. The van der Waals surface area contributed by atoms with E-state index < -0.39 is 5.97 Å². The van der Waals surface area contributed by atoms with Crippen LogP contribution in [-0.4, -0.2) is 50.1 Å². The maximum atomic E-state index is 10.8. The third kappa shape index (κ3) is 4.46. The Labute approximate surface area is 107 Å². The highest BCUT2D eigenvalue weighted by Crippen LogP contribution is 2.10. The molecular formula is C12H21N3O3. The summed E-state index contributed by atoms with van der Waals surface area (Å²) in [5, 5.41) is 21.8. The van der Waals surface area contributed by atoms with E-state index in [0.29, 0.717) is 13.1 Å². The first-order valence-corrected chi connectivity index (χ1v) is 6.14. The maximum absolute atomic E-state index is 10.8. The minimum Gasteiger partial charge on any atom is -0.480 e. The highest BCUT2D eigenvalue weighted by atomic mass is 16.4. The van der Waals surface area contributed by atoms with Gasteiger partial charge in [-0.05, 0) is 13.3 Å². The zero-order chi connectivity index (χ0) is 13.5. The Bertz CT molecular complexity index is 378. The average Bonchev–Trinajstić information content (AvgIpc) is 2.75. The van der Waals surface area contributed by atoms with Gasteiger partial charge in [-0.3, -0.25) is 14.4 Å². The van der Waals surface area contributed by atoms with Crippen molar-refractivity contribution in [3.8, 4) is 0 Å². The molecule has 0 bridgehead atoms. The number of carboxylic acids is 1. The standard InChI is InChI=1S/C12H21N3O3/c1-3-10(2)14(9-12(17)18)7-11-6-13-15(8-11)4-5-16/h6,8,10,16H,3-5,7,9H2,1-2H3,(H,17,18). The summed E-state index contributed by atoms with van der Waals surface area (Å²) in [6.07, 6.45) is 4.46. The maximum Gasteiger partial charge on any atom is 0.317 e. The topological polar surface area (TPSA) is 78.6 Å². The number of hydrogen-bond donors (Lipinski definition) is 2. The summed E-state index contributed by atoms with van der Waals surface area (Å²) in [4.78, 5) is 12.7. The van der Waals surface area contributed by atoms with Crippen LogP contribution in [0, 0.1) is 0 Å². The first-order valence-electron chi connectivity index (χ1n) is 6.14. The summed E-state index contributed by atoms with van der Waals surface area (Å²) in [6, 6.07) is 0.210. The van der Waals surface area contributed by atoms with E-state index in [1.165, 1.54) is 0 Å². The second kappa shape index (κ2) is 7.13. The average molecular weight is 255 g/mol. The Balaban J connectivity index is 2.66. The lowest BCUT2D eigenvalue weighted by molar-refractivity contribution is -0.139. The van der Waals surface area contributed by atoms with Crippen LogP contribution in [0.15, 0.2) is 12.4 Å². The Kier molecular flexibility index (Phi) is 5.80. The number of hydrogen-bond acceptors (Lipinski definition) is 4. The van der Waals surface area contributed by atoms with E-state index in [1.54, 1.807) is 10.9 Å². The molecule has 0 saturated carbocycles. The van der Waals surface area contributed by atoms with E-state index in [9.17, 15) is 4.79 Å². The summed E-state index contributed by atoms with van der Waals surface area (Å²) in [6.45, 7) is 5.15. The fraction of sp³-hybridized carbons (Fsp3) is 0.667. The quantitative estimate of drug-likeness (QED) is 0.709. The zero-order valence-electron chi connectivity index (χ0n) is 10.9. The fourth-order valence-electron chi connectivity index (χ4n) is 1.75. The van der Waals surface area contributed by atoms with Crippen LogP contribution in [0.4, 0.5) is 0 Å². The Hall–Kier alpha value is -1.40. The van der Waals surface area contributed by atoms with Crippen molar-refractivity contribution in [3.05, 3.63) is 18.0 Å². The van der Waals surface area contributed by atoms with Crippen molar-refractivity contribution in [2.24, 2.45) is 0 Å². The van der Waals surface area contributed by atoms with Gasteiger partial charge in [-0.15, -0.1) is 0 Å². The van der Waals surface area contributed by atoms with Gasteiger partial charge in [-0.2, -0.15) is 5.10 Å². The molecule has 1 rings (SSSR count). The Morgan fingerprint density at radius 1 is 1.61 bits per heavy atom. The molecular weight excluding hydrogens is 234 g/mol. The molecule has 6 heteroatoms. The molecule has 0 aliphatic carbocycles. The summed E-state index contributed by atoms with van der Waals surface area (Å²) >= 11 is 0. The number of aromatic nitrogens is 2. The SMILES string of the molecule is CCC(C)N(CC(=O)O)Cc1cnn(CCO)c1. The monoisotopic (exact) mass is 255 g/mol. The molecule has 1 aromatic heterocycles. The molecule has 18 heavy (non-hydrogen) atoms. The van der Waals surface area contributed by atoms with Crippen molar-refractivity contribution in [2.75, 3.05) is 13.2 Å². The molecule has 1 unspecified atom stereocenters. The molecule has 1 heterocycles. The van der Waals surface area contributed by atoms with Crippen molar-refractivity contribution >= 4 is 5.97 Å². The van der Waals surface area contributed by atoms with Crippen LogP contribution >= 0.6 is 0 Å². The van der Waals surface area contributed by atoms with Crippen molar-refractivity contribution in [3.63, 3.8) is 0 Å². The number of carbonyl (C=O) groups is 1. The minimum absolute atomic E-state index is 0.0280. The smallest absolute Gasteiger partial charge is 0.317 e. The first-order chi connectivity index (χ1) is 8.56. The van der Waals surface area contributed by atoms with E-state index in [4.69, 9.17) is 10.2 Å². The number of nitrogens with zero attached hydrogens (tertiary/aromatic N) is 3. The van der Waals surface area contributed by atoms with E-state index >= 15 is 0 Å². The van der Waals surface area contributed by atoms with Gasteiger partial charge < -0.3 is 10.2 Å². The van der Waals surface area contributed by atoms with Crippen LogP contribution in [0.5, 0.6) is 0 Å². The molecule has 0 fully saturated rings. The van der Waals surface area contributed by atoms with Crippen LogP contribution in [0.1, 0.15) is 25.8 Å². The van der Waals surface area contributed by atoms with Gasteiger partial charge in [0.1, 0.15) is 0 Å². The number of carboxylic acid groups (broad SMARTS) is 1. The Morgan fingerprint density at radius 3 is 2.89 bits per heavy atom. The molecule has 0 amide bonds. The van der Waals surface area contributed by atoms with Crippen LogP contribution in [0.2, 0.25) is 0 Å². The zero-order valence-corrected chi connectivity index (χ0v) is 10.9. The Morgan fingerprint density at radius 2 is 2.33 bits per heavy atom. The van der Waals surface area contributed by atoms with E-state index in [0.717, 1.165) is 12.0 Å². The van der Waals surface area contributed by atoms with E-state index in [1.807, 2.05) is 24.9 Å². The number of aliphatic carboxylic acids is 1. The minimum atomic E-state index is -0.821. The van der Waals surface area contributed by atoms with Gasteiger partial charge in [0, 0.05) is 24.3 Å². The molecule has 0 spiro atoms. The first kappa shape index (κ1) is 14.7. The van der Waals surface area contributed by atoms with Crippen LogP contribution in [-0.2, 0) is 17.9 Å². The van der Waals surface area contributed by atoms with E-state index in [-0.39, 0.29) is 19.2 Å². The van der Waals surface area contributed by atoms with Gasteiger partial charge in [0.05, 0.1) is 25.9 Å². The molecule has 1 aromatic rings. The van der Waals surface area contributed by atoms with Crippen LogP contribution in [0.25, 0.3) is 0 Å². The highest BCUT2D eigenvalue weighted by Gasteiger charge is 2.16. The van der Waals surface area contributed by atoms with Crippen molar-refractivity contribution in [1.82, 2.24) is 14.7 Å². The second-order valence-electron chi connectivity index (χ2n) is 4.39. The predicted molar refractivity (Wildman–Crippen MR) is 67.1 cm³/mol. The predicted octanol–water partition coefficient (Wildman–Crippen LogP) is 0.560. The number of rotatable bonds is 8. The largest absolute Gasteiger partial charge is 0.480 e. The fourth-order valence-corrected chi connectivity index (χ4v) is 1.75. The molecule has 2 N–H and O–H groups in total. The van der Waals surface area contributed by atoms with Gasteiger partial charge in [0.2, 0.25) is 0 Å². The molecule has 0 aromatic carbocycles. The van der Waals surface area contributed by atoms with Gasteiger partial charge >= 0.3 is 5.97 Å². The molecule has 0 saturated heterocycles. The third-order valence-electron chi connectivity index (χ3n) is 2.95. The summed E-state index contributed by atoms with van der Waals surface area (Å²) in [5.74, 6) is -0.821. The molecule has 0 aliphatic heterocycles. The van der Waals surface area contributed by atoms with Gasteiger partial charge in [0.15, 0.2) is 0 Å². The van der Waals surface area contributed by atoms with Crippen LogP contribution < -0.4 is 0 Å². The van der Waals surface area contributed by atoms with Crippen molar-refractivity contribution in [2.45, 2.75) is 39.4 Å². The normalized spacial score (nSPS) is 12.9. The van der Waals surface area contributed by atoms with Crippen molar-refractivity contribution < 1.29 is 15.0 Å². The number of aliphatic hydroxyl groups excluding tert-OH is 1. The van der Waals surface area contributed by atoms with E-state index in [2.05, 4.69) is 5.10 Å². The lowest BCUT2D eigenvalue weighted by atomic mass is 10.2. The molecule has 1 atom stereocenters. The van der Waals surface area contributed by atoms with Gasteiger partial charge in [-0.1, -0.05) is 6.92 Å². The third-order valence-corrected chi connectivity index (χ3v) is 2.95. The summed E-state index contributed by atoms with van der Waals surface area (Å²) in [5.41, 5.74) is 0.963. The lowest BCUT2D eigenvalue weighted by Gasteiger charge is -2.25. The molecule has 0 aliphatic rings.